The molecule has 0 saturated heterocycles. The third-order valence-electron chi connectivity index (χ3n) is 10.6. The summed E-state index contributed by atoms with van der Waals surface area (Å²) in [6, 6.07) is 43.0. The standard InChI is InChI=1S/C48H45N4O5S2/c1-32(2)43(27-53)50-46(55)44(30-59-48(33-16-6-3-7-17-33,34-18-8-4-9-19-34)35-20-10-5-11-21-35)51-45(54)42(26-36-29-58-31-49-36)52-47(56)57-28-41-39-24-14-12-22-37(39)38-23-13-15-25-40(38)41/h3-25,29,31-32,41-44H,26,28,30H2,1-2H3,(H,50,55)(H,51,54)(H,52,56)/t42-,43+,44-/m1/s1. The Balaban J connectivity index is 1.16. The number of nitrogens with zero attached hydrogens (tertiary/aromatic N) is 1. The van der Waals surface area contributed by atoms with Crippen molar-refractivity contribution in [3.63, 3.8) is 0 Å². The monoisotopic (exact) mass is 821 g/mol. The van der Waals surface area contributed by atoms with Gasteiger partial charge < -0.3 is 20.7 Å². The van der Waals surface area contributed by atoms with E-state index in [0.29, 0.717) is 5.69 Å². The van der Waals surface area contributed by atoms with Gasteiger partial charge in [-0.15, -0.1) is 23.1 Å². The van der Waals surface area contributed by atoms with E-state index in [1.54, 1.807) is 10.9 Å². The summed E-state index contributed by atoms with van der Waals surface area (Å²) in [5.74, 6) is -1.48. The number of alkyl carbamates (subject to hydrolysis) is 1. The van der Waals surface area contributed by atoms with Crippen molar-refractivity contribution in [2.75, 3.05) is 12.4 Å². The second-order valence-corrected chi connectivity index (χ2v) is 16.7. The molecule has 299 valence electrons. The Morgan fingerprint density at radius 2 is 1.22 bits per heavy atom. The minimum atomic E-state index is -1.14. The molecule has 1 heterocycles. The van der Waals surface area contributed by atoms with Crippen LogP contribution in [0.4, 0.5) is 4.79 Å². The van der Waals surface area contributed by atoms with Crippen molar-refractivity contribution >= 4 is 47.3 Å². The first kappa shape index (κ1) is 41.1. The fourth-order valence-electron chi connectivity index (χ4n) is 7.56. The van der Waals surface area contributed by atoms with E-state index in [1.165, 1.54) is 23.1 Å². The number of benzene rings is 5. The van der Waals surface area contributed by atoms with Gasteiger partial charge in [-0.25, -0.2) is 9.78 Å². The van der Waals surface area contributed by atoms with Gasteiger partial charge in [-0.05, 0) is 44.9 Å². The van der Waals surface area contributed by atoms with Crippen LogP contribution in [0.15, 0.2) is 150 Å². The number of carbonyl (C=O) groups excluding carboxylic acids is 4. The molecule has 1 aliphatic rings. The van der Waals surface area contributed by atoms with E-state index in [2.05, 4.69) is 69.5 Å². The molecule has 0 spiro atoms. The second kappa shape index (κ2) is 19.1. The summed E-state index contributed by atoms with van der Waals surface area (Å²) in [5.41, 5.74) is 9.51. The van der Waals surface area contributed by atoms with E-state index in [9.17, 15) is 19.2 Å². The third kappa shape index (κ3) is 9.32. The Bertz CT molecular complexity index is 2200. The number of carbonyl (C=O) groups is 3. The highest BCUT2D eigenvalue weighted by atomic mass is 32.2. The predicted octanol–water partition coefficient (Wildman–Crippen LogP) is 8.05. The SMILES string of the molecule is CC(C)[C@H]([C]=O)NC(=O)[C@@H](CSC(c1ccccc1)(c1ccccc1)c1ccccc1)NC(=O)[C@@H](Cc1cscn1)NC(=O)OCC1c2ccccc2-c2ccccc21. The minimum Gasteiger partial charge on any atom is -0.449 e. The number of rotatable bonds is 17. The topological polar surface area (TPSA) is 126 Å². The van der Waals surface area contributed by atoms with Crippen LogP contribution in [0.5, 0.6) is 0 Å². The lowest BCUT2D eigenvalue weighted by molar-refractivity contribution is -0.129. The lowest BCUT2D eigenvalue weighted by Crippen LogP contribution is -2.57. The van der Waals surface area contributed by atoms with Gasteiger partial charge >= 0.3 is 6.09 Å². The quantitative estimate of drug-likeness (QED) is 0.0796. The molecular formula is C48H45N4O5S2. The highest BCUT2D eigenvalue weighted by molar-refractivity contribution is 8.00. The van der Waals surface area contributed by atoms with Gasteiger partial charge in [0.15, 0.2) is 0 Å². The molecule has 3 amide bonds. The van der Waals surface area contributed by atoms with Gasteiger partial charge in [-0.2, -0.15) is 0 Å². The molecular weight excluding hydrogens is 777 g/mol. The highest BCUT2D eigenvalue weighted by Crippen LogP contribution is 2.49. The number of hydrogen-bond acceptors (Lipinski definition) is 8. The minimum absolute atomic E-state index is 0.0553. The molecule has 9 nitrogen and oxygen atoms in total. The van der Waals surface area contributed by atoms with E-state index in [1.807, 2.05) is 111 Å². The Morgan fingerprint density at radius 3 is 1.71 bits per heavy atom. The number of amides is 3. The molecule has 1 radical (unpaired) electrons. The summed E-state index contributed by atoms with van der Waals surface area (Å²) >= 11 is 2.87. The zero-order valence-electron chi connectivity index (χ0n) is 32.7. The van der Waals surface area contributed by atoms with Gasteiger partial charge in [-0.1, -0.05) is 153 Å². The van der Waals surface area contributed by atoms with Crippen molar-refractivity contribution in [1.82, 2.24) is 20.9 Å². The first-order valence-electron chi connectivity index (χ1n) is 19.6. The van der Waals surface area contributed by atoms with Crippen molar-refractivity contribution in [3.8, 4) is 11.1 Å². The maximum atomic E-state index is 14.5. The second-order valence-electron chi connectivity index (χ2n) is 14.7. The summed E-state index contributed by atoms with van der Waals surface area (Å²) < 4.78 is 5.05. The van der Waals surface area contributed by atoms with E-state index in [0.717, 1.165) is 38.9 Å². The number of ether oxygens (including phenoxy) is 1. The summed E-state index contributed by atoms with van der Waals surface area (Å²) in [6.45, 7) is 3.68. The third-order valence-corrected chi connectivity index (χ3v) is 12.9. The number of hydrogen-bond donors (Lipinski definition) is 3. The molecule has 1 aliphatic carbocycles. The van der Waals surface area contributed by atoms with Crippen LogP contribution in [0, 0.1) is 5.92 Å². The molecule has 11 heteroatoms. The van der Waals surface area contributed by atoms with Crippen molar-refractivity contribution in [1.29, 1.82) is 0 Å². The average Bonchev–Trinajstić information content (AvgIpc) is 3.91. The average molecular weight is 822 g/mol. The molecule has 7 rings (SSSR count). The molecule has 3 N–H and O–H groups in total. The molecule has 1 aromatic heterocycles. The van der Waals surface area contributed by atoms with E-state index in [-0.39, 0.29) is 30.6 Å². The van der Waals surface area contributed by atoms with Crippen molar-refractivity contribution < 1.29 is 23.9 Å². The van der Waals surface area contributed by atoms with Crippen LogP contribution in [0.25, 0.3) is 11.1 Å². The zero-order chi connectivity index (χ0) is 41.2. The van der Waals surface area contributed by atoms with E-state index < -0.39 is 40.8 Å². The van der Waals surface area contributed by atoms with Gasteiger partial charge in [0.2, 0.25) is 18.1 Å². The van der Waals surface area contributed by atoms with Crippen LogP contribution in [0.1, 0.15) is 53.3 Å². The lowest BCUT2D eigenvalue weighted by Gasteiger charge is -2.36. The first-order chi connectivity index (χ1) is 28.8. The van der Waals surface area contributed by atoms with Gasteiger partial charge in [0.1, 0.15) is 18.7 Å². The number of nitrogens with one attached hydrogen (secondary N) is 3. The molecule has 3 atom stereocenters. The van der Waals surface area contributed by atoms with Crippen molar-refractivity contribution in [2.45, 2.75) is 49.1 Å². The van der Waals surface area contributed by atoms with Crippen LogP contribution < -0.4 is 16.0 Å². The fourth-order valence-corrected chi connectivity index (χ4v) is 9.69. The van der Waals surface area contributed by atoms with Crippen LogP contribution in [-0.2, 0) is 30.3 Å². The fraction of sp³-hybridized carbons (Fsp3) is 0.229. The molecule has 0 fully saturated rings. The van der Waals surface area contributed by atoms with Crippen LogP contribution >= 0.6 is 23.1 Å². The molecule has 0 saturated carbocycles. The number of thioether (sulfide) groups is 1. The zero-order valence-corrected chi connectivity index (χ0v) is 34.4. The van der Waals surface area contributed by atoms with Gasteiger partial charge in [0.05, 0.1) is 22.0 Å². The highest BCUT2D eigenvalue weighted by Gasteiger charge is 2.40. The predicted molar refractivity (Wildman–Crippen MR) is 234 cm³/mol. The number of fused-ring (bicyclic) bond motifs is 3. The Labute approximate surface area is 353 Å². The van der Waals surface area contributed by atoms with Crippen LogP contribution in [-0.4, -0.2) is 59.7 Å². The first-order valence-corrected chi connectivity index (χ1v) is 21.5. The Hall–Kier alpha value is -6.04. The molecule has 0 aliphatic heterocycles. The summed E-state index contributed by atoms with van der Waals surface area (Å²) in [6.07, 6.45) is 1.22. The molecule has 0 bridgehead atoms. The van der Waals surface area contributed by atoms with Crippen LogP contribution in [0.2, 0.25) is 0 Å². The number of thiazole rings is 1. The van der Waals surface area contributed by atoms with Crippen LogP contribution in [0.3, 0.4) is 0 Å². The van der Waals surface area contributed by atoms with E-state index >= 15 is 0 Å². The number of aromatic nitrogens is 1. The smallest absolute Gasteiger partial charge is 0.407 e. The summed E-state index contributed by atoms with van der Waals surface area (Å²) in [4.78, 5) is 58.7. The maximum absolute atomic E-state index is 14.5. The molecule has 0 unspecified atom stereocenters. The van der Waals surface area contributed by atoms with Gasteiger partial charge in [0.25, 0.3) is 0 Å². The molecule has 59 heavy (non-hydrogen) atoms. The molecule has 6 aromatic rings. The summed E-state index contributed by atoms with van der Waals surface area (Å²) in [5, 5.41) is 10.4. The van der Waals surface area contributed by atoms with E-state index in [4.69, 9.17) is 4.74 Å². The molecule has 5 aromatic carbocycles. The lowest BCUT2D eigenvalue weighted by atomic mass is 9.84. The largest absolute Gasteiger partial charge is 0.449 e. The van der Waals surface area contributed by atoms with Gasteiger partial charge in [-0.3, -0.25) is 14.4 Å². The van der Waals surface area contributed by atoms with Crippen molar-refractivity contribution in [2.24, 2.45) is 5.92 Å². The Kier molecular flexibility index (Phi) is 13.3. The van der Waals surface area contributed by atoms with Gasteiger partial charge in [0, 0.05) is 23.5 Å². The normalized spacial score (nSPS) is 13.7. The van der Waals surface area contributed by atoms with Crippen molar-refractivity contribution in [3.05, 3.63) is 184 Å². The maximum Gasteiger partial charge on any atom is 0.407 e. The summed E-state index contributed by atoms with van der Waals surface area (Å²) in [7, 11) is 0. The Morgan fingerprint density at radius 1 is 0.712 bits per heavy atom.